The number of nitrogens with one attached hydrogen (secondary N) is 2. The van der Waals surface area contributed by atoms with Gasteiger partial charge in [-0.15, -0.1) is 0 Å². The molecule has 6 nitrogen and oxygen atoms in total. The van der Waals surface area contributed by atoms with Crippen LogP contribution >= 0.6 is 0 Å². The zero-order valence-electron chi connectivity index (χ0n) is 14.8. The molecule has 0 aromatic rings. The second kappa shape index (κ2) is 8.81. The molecular formula is C18H32N4O2. The lowest BCUT2D eigenvalue weighted by atomic mass is 9.96. The molecule has 0 radical (unpaired) electrons. The number of nitrogens with zero attached hydrogens (tertiary/aromatic N) is 2. The number of likely N-dealkylation sites (tertiary alicyclic amines) is 2. The van der Waals surface area contributed by atoms with Gasteiger partial charge in [-0.25, -0.2) is 4.79 Å². The molecule has 1 atom stereocenters. The van der Waals surface area contributed by atoms with Crippen molar-refractivity contribution in [2.45, 2.75) is 69.9 Å². The van der Waals surface area contributed by atoms with E-state index >= 15 is 0 Å². The summed E-state index contributed by atoms with van der Waals surface area (Å²) in [4.78, 5) is 28.9. The lowest BCUT2D eigenvalue weighted by molar-refractivity contribution is -0.121. The van der Waals surface area contributed by atoms with Crippen LogP contribution in [0.5, 0.6) is 0 Å². The maximum atomic E-state index is 12.2. The Balaban J connectivity index is 1.38. The van der Waals surface area contributed by atoms with Crippen molar-refractivity contribution in [1.29, 1.82) is 0 Å². The Kier molecular flexibility index (Phi) is 6.49. The number of piperidine rings is 1. The van der Waals surface area contributed by atoms with Crippen LogP contribution in [-0.2, 0) is 4.79 Å². The molecule has 2 aliphatic heterocycles. The van der Waals surface area contributed by atoms with Gasteiger partial charge in [-0.05, 0) is 58.2 Å². The minimum Gasteiger partial charge on any atom is -0.335 e. The molecular weight excluding hydrogens is 304 g/mol. The van der Waals surface area contributed by atoms with Crippen molar-refractivity contribution < 1.29 is 9.59 Å². The summed E-state index contributed by atoms with van der Waals surface area (Å²) in [5.41, 5.74) is 0. The van der Waals surface area contributed by atoms with Crippen LogP contribution in [0.4, 0.5) is 4.79 Å². The van der Waals surface area contributed by atoms with E-state index in [0.717, 1.165) is 32.4 Å². The summed E-state index contributed by atoms with van der Waals surface area (Å²) >= 11 is 0. The second-order valence-electron chi connectivity index (χ2n) is 7.63. The van der Waals surface area contributed by atoms with Crippen molar-refractivity contribution in [2.24, 2.45) is 0 Å². The van der Waals surface area contributed by atoms with E-state index < -0.39 is 0 Å². The fourth-order valence-electron chi connectivity index (χ4n) is 4.42. The van der Waals surface area contributed by atoms with Gasteiger partial charge in [0.2, 0.25) is 5.91 Å². The van der Waals surface area contributed by atoms with Crippen LogP contribution in [0.3, 0.4) is 0 Å². The number of rotatable bonds is 4. The summed E-state index contributed by atoms with van der Waals surface area (Å²) in [5, 5.41) is 5.46. The molecule has 0 spiro atoms. The first-order valence-electron chi connectivity index (χ1n) is 9.77. The van der Waals surface area contributed by atoms with Gasteiger partial charge in [-0.2, -0.15) is 0 Å². The number of urea groups is 1. The highest BCUT2D eigenvalue weighted by Gasteiger charge is 2.28. The summed E-state index contributed by atoms with van der Waals surface area (Å²) < 4.78 is 0. The molecule has 1 saturated carbocycles. The van der Waals surface area contributed by atoms with Crippen molar-refractivity contribution in [2.75, 3.05) is 32.7 Å². The van der Waals surface area contributed by atoms with Crippen LogP contribution in [0.1, 0.15) is 57.8 Å². The van der Waals surface area contributed by atoms with Crippen LogP contribution in [0.15, 0.2) is 0 Å². The van der Waals surface area contributed by atoms with Crippen molar-refractivity contribution >= 4 is 11.9 Å². The van der Waals surface area contributed by atoms with E-state index in [-0.39, 0.29) is 18.0 Å². The Bertz CT molecular complexity index is 431. The third kappa shape index (κ3) is 5.18. The first-order chi connectivity index (χ1) is 11.7. The molecule has 136 valence electrons. The maximum Gasteiger partial charge on any atom is 0.321 e. The Morgan fingerprint density at radius 1 is 0.875 bits per heavy atom. The SMILES string of the molecule is O=C(CN1CCC[C@H](N2CCCC2)C1)NC(=O)NC1CCCCC1. The molecule has 1 aliphatic carbocycles. The van der Waals surface area contributed by atoms with Crippen LogP contribution in [0.25, 0.3) is 0 Å². The highest BCUT2D eigenvalue weighted by Crippen LogP contribution is 2.20. The third-order valence-electron chi connectivity index (χ3n) is 5.70. The zero-order chi connectivity index (χ0) is 16.8. The Hall–Kier alpha value is -1.14. The minimum atomic E-state index is -0.319. The van der Waals surface area contributed by atoms with E-state index in [0.29, 0.717) is 12.6 Å². The van der Waals surface area contributed by atoms with Crippen molar-refractivity contribution in [3.05, 3.63) is 0 Å². The lowest BCUT2D eigenvalue weighted by Crippen LogP contribution is -2.52. The van der Waals surface area contributed by atoms with Crippen LogP contribution < -0.4 is 10.6 Å². The molecule has 2 N–H and O–H groups in total. The molecule has 3 aliphatic rings. The molecule has 0 unspecified atom stereocenters. The number of imide groups is 1. The molecule has 3 fully saturated rings. The second-order valence-corrected chi connectivity index (χ2v) is 7.63. The van der Waals surface area contributed by atoms with Crippen molar-refractivity contribution in [3.63, 3.8) is 0 Å². The zero-order valence-corrected chi connectivity index (χ0v) is 14.8. The van der Waals surface area contributed by atoms with Gasteiger partial charge in [-0.3, -0.25) is 19.9 Å². The molecule has 0 aromatic heterocycles. The van der Waals surface area contributed by atoms with Gasteiger partial charge in [0.1, 0.15) is 0 Å². The molecule has 2 heterocycles. The average molecular weight is 336 g/mol. The Morgan fingerprint density at radius 2 is 1.62 bits per heavy atom. The van der Waals surface area contributed by atoms with Crippen molar-refractivity contribution in [1.82, 2.24) is 20.4 Å². The fraction of sp³-hybridized carbons (Fsp3) is 0.889. The fourth-order valence-corrected chi connectivity index (χ4v) is 4.42. The molecule has 3 rings (SSSR count). The summed E-state index contributed by atoms with van der Waals surface area (Å²) in [6.07, 6.45) is 10.6. The molecule has 6 heteroatoms. The Morgan fingerprint density at radius 3 is 2.38 bits per heavy atom. The van der Waals surface area contributed by atoms with Gasteiger partial charge in [0.15, 0.2) is 0 Å². The number of hydrogen-bond acceptors (Lipinski definition) is 4. The number of hydrogen-bond donors (Lipinski definition) is 2. The monoisotopic (exact) mass is 336 g/mol. The normalized spacial score (nSPS) is 27.1. The highest BCUT2D eigenvalue weighted by molar-refractivity contribution is 5.95. The molecule has 0 bridgehead atoms. The van der Waals surface area contributed by atoms with E-state index in [1.807, 2.05) is 0 Å². The maximum absolute atomic E-state index is 12.2. The topological polar surface area (TPSA) is 64.7 Å². The van der Waals surface area contributed by atoms with Crippen LogP contribution in [0, 0.1) is 0 Å². The van der Waals surface area contributed by atoms with Crippen LogP contribution in [-0.4, -0.2) is 66.5 Å². The van der Waals surface area contributed by atoms with Gasteiger partial charge in [0.25, 0.3) is 0 Å². The van der Waals surface area contributed by atoms with Gasteiger partial charge in [0, 0.05) is 18.6 Å². The predicted molar refractivity (Wildman–Crippen MR) is 93.8 cm³/mol. The first kappa shape index (κ1) is 17.7. The standard InChI is InChI=1S/C18H32N4O2/c23-17(20-18(24)19-15-7-2-1-3-8-15)14-21-10-6-9-16(13-21)22-11-4-5-12-22/h15-16H,1-14H2,(H2,19,20,23,24)/t16-/m0/s1. The summed E-state index contributed by atoms with van der Waals surface area (Å²) in [6.45, 7) is 4.66. The Labute approximate surface area is 145 Å². The summed E-state index contributed by atoms with van der Waals surface area (Å²) in [5.74, 6) is -0.176. The third-order valence-corrected chi connectivity index (χ3v) is 5.70. The summed E-state index contributed by atoms with van der Waals surface area (Å²) in [6, 6.07) is 0.506. The smallest absolute Gasteiger partial charge is 0.321 e. The first-order valence-corrected chi connectivity index (χ1v) is 9.77. The van der Waals surface area contributed by atoms with E-state index in [4.69, 9.17) is 0 Å². The quantitative estimate of drug-likeness (QED) is 0.820. The number of carbonyl (C=O) groups excluding carboxylic acids is 2. The van der Waals surface area contributed by atoms with Gasteiger partial charge in [-0.1, -0.05) is 19.3 Å². The van der Waals surface area contributed by atoms with E-state index in [2.05, 4.69) is 20.4 Å². The number of carbonyl (C=O) groups is 2. The molecule has 0 aromatic carbocycles. The molecule has 2 saturated heterocycles. The molecule has 3 amide bonds. The lowest BCUT2D eigenvalue weighted by Gasteiger charge is -2.37. The minimum absolute atomic E-state index is 0.176. The van der Waals surface area contributed by atoms with Crippen molar-refractivity contribution in [3.8, 4) is 0 Å². The summed E-state index contributed by atoms with van der Waals surface area (Å²) in [7, 11) is 0. The van der Waals surface area contributed by atoms with Gasteiger partial charge in [0.05, 0.1) is 6.54 Å². The van der Waals surface area contributed by atoms with E-state index in [1.165, 1.54) is 51.6 Å². The van der Waals surface area contributed by atoms with Gasteiger partial charge < -0.3 is 5.32 Å². The predicted octanol–water partition coefficient (Wildman–Crippen LogP) is 1.71. The highest BCUT2D eigenvalue weighted by atomic mass is 16.2. The number of amides is 3. The van der Waals surface area contributed by atoms with Crippen LogP contribution in [0.2, 0.25) is 0 Å². The van der Waals surface area contributed by atoms with Gasteiger partial charge >= 0.3 is 6.03 Å². The molecule has 24 heavy (non-hydrogen) atoms. The van der Waals surface area contributed by atoms with E-state index in [1.54, 1.807) is 0 Å². The average Bonchev–Trinajstić information content (AvgIpc) is 3.10. The largest absolute Gasteiger partial charge is 0.335 e. The van der Waals surface area contributed by atoms with E-state index in [9.17, 15) is 9.59 Å².